The first-order valence-corrected chi connectivity index (χ1v) is 12.4. The first-order valence-electron chi connectivity index (χ1n) is 11.6. The number of methoxy groups -OCH3 is 2. The quantitative estimate of drug-likeness (QED) is 0.196. The van der Waals surface area contributed by atoms with E-state index in [0.29, 0.717) is 46.9 Å². The molecule has 3 aromatic carbocycles. The zero-order valence-electron chi connectivity index (χ0n) is 20.6. The number of rotatable bonds is 9. The Kier molecular flexibility index (Phi) is 7.39. The standard InChI is InChI=1S/C28H23N3O5S.ClH/c1-32-21-12-24(35-17-19-9-6-10-20(11-19)34-16-18-7-4-3-5-8-18)22-14-26(36-25(22)13-21)23-15-31-27(29-23)37-28(30-31)33-2;/h3-15H,16-17H2,1-2H3;1H. The van der Waals surface area contributed by atoms with Gasteiger partial charge in [0.1, 0.15) is 41.7 Å². The molecular weight excluding hydrogens is 526 g/mol. The molecule has 0 radical (unpaired) electrons. The van der Waals surface area contributed by atoms with Gasteiger partial charge in [-0.15, -0.1) is 17.5 Å². The van der Waals surface area contributed by atoms with Gasteiger partial charge >= 0.3 is 0 Å². The molecule has 194 valence electrons. The van der Waals surface area contributed by atoms with Crippen LogP contribution in [0.25, 0.3) is 27.4 Å². The lowest BCUT2D eigenvalue weighted by Gasteiger charge is -2.11. The number of hydrogen-bond donors (Lipinski definition) is 0. The molecule has 0 amide bonds. The van der Waals surface area contributed by atoms with Crippen LogP contribution in [0.4, 0.5) is 0 Å². The summed E-state index contributed by atoms with van der Waals surface area (Å²) in [6.07, 6.45) is 1.81. The van der Waals surface area contributed by atoms with Crippen LogP contribution in [0.1, 0.15) is 11.1 Å². The van der Waals surface area contributed by atoms with E-state index in [-0.39, 0.29) is 12.4 Å². The van der Waals surface area contributed by atoms with Gasteiger partial charge < -0.3 is 23.4 Å². The Morgan fingerprint density at radius 1 is 0.842 bits per heavy atom. The highest BCUT2D eigenvalue weighted by molar-refractivity contribution is 7.18. The molecular formula is C28H24ClN3O5S. The van der Waals surface area contributed by atoms with Crippen molar-refractivity contribution in [3.8, 4) is 33.9 Å². The molecule has 38 heavy (non-hydrogen) atoms. The number of furan rings is 1. The Balaban J connectivity index is 0.00000294. The molecule has 0 aliphatic rings. The van der Waals surface area contributed by atoms with Crippen LogP contribution in [-0.2, 0) is 13.2 Å². The third kappa shape index (κ3) is 5.25. The summed E-state index contributed by atoms with van der Waals surface area (Å²) in [5, 5.41) is 5.71. The SMILES string of the molecule is COc1cc(OCc2cccc(OCc3ccccc3)c2)c2cc(-c3cn4nc(OC)sc4n3)oc2c1.Cl. The van der Waals surface area contributed by atoms with Gasteiger partial charge in [0.05, 0.1) is 25.8 Å². The predicted octanol–water partition coefficient (Wildman–Crippen LogP) is 6.80. The fourth-order valence-corrected chi connectivity index (χ4v) is 4.66. The lowest BCUT2D eigenvalue weighted by Crippen LogP contribution is -1.99. The minimum Gasteiger partial charge on any atom is -0.496 e. The molecule has 6 rings (SSSR count). The number of aromatic nitrogens is 3. The molecule has 0 bridgehead atoms. The van der Waals surface area contributed by atoms with E-state index in [1.54, 1.807) is 18.7 Å². The second-order valence-corrected chi connectivity index (χ2v) is 9.20. The Hall–Kier alpha value is -4.21. The molecule has 0 spiro atoms. The van der Waals surface area contributed by atoms with E-state index >= 15 is 0 Å². The van der Waals surface area contributed by atoms with Gasteiger partial charge in [-0.1, -0.05) is 42.5 Å². The summed E-state index contributed by atoms with van der Waals surface area (Å²) in [6, 6.07) is 23.6. The number of nitrogens with zero attached hydrogens (tertiary/aromatic N) is 3. The Labute approximate surface area is 228 Å². The molecule has 10 heteroatoms. The molecule has 8 nitrogen and oxygen atoms in total. The van der Waals surface area contributed by atoms with Crippen molar-refractivity contribution in [1.82, 2.24) is 14.6 Å². The zero-order chi connectivity index (χ0) is 25.2. The molecule has 3 aromatic heterocycles. The number of imidazole rings is 1. The number of ether oxygens (including phenoxy) is 4. The summed E-state index contributed by atoms with van der Waals surface area (Å²) in [5.74, 6) is 2.69. The summed E-state index contributed by atoms with van der Waals surface area (Å²) in [5.41, 5.74) is 3.42. The molecule has 0 N–H and O–H groups in total. The summed E-state index contributed by atoms with van der Waals surface area (Å²) in [4.78, 5) is 5.34. The largest absolute Gasteiger partial charge is 0.496 e. The van der Waals surface area contributed by atoms with Gasteiger partial charge in [-0.25, -0.2) is 9.50 Å². The summed E-state index contributed by atoms with van der Waals surface area (Å²) < 4.78 is 30.7. The van der Waals surface area contributed by atoms with Crippen molar-refractivity contribution in [3.05, 3.63) is 90.1 Å². The second kappa shape index (κ2) is 11.0. The van der Waals surface area contributed by atoms with Crippen molar-refractivity contribution in [1.29, 1.82) is 0 Å². The smallest absolute Gasteiger partial charge is 0.294 e. The van der Waals surface area contributed by atoms with Crippen LogP contribution < -0.4 is 18.9 Å². The van der Waals surface area contributed by atoms with Gasteiger partial charge in [-0.05, 0) is 40.7 Å². The van der Waals surface area contributed by atoms with Crippen LogP contribution in [0.2, 0.25) is 0 Å². The third-order valence-electron chi connectivity index (χ3n) is 5.80. The summed E-state index contributed by atoms with van der Waals surface area (Å²) in [6.45, 7) is 0.864. The van der Waals surface area contributed by atoms with Gasteiger partial charge in [0.15, 0.2) is 5.76 Å². The molecule has 0 atom stereocenters. The van der Waals surface area contributed by atoms with Gasteiger partial charge in [0.2, 0.25) is 4.96 Å². The normalized spacial score (nSPS) is 10.9. The van der Waals surface area contributed by atoms with Crippen molar-refractivity contribution in [3.63, 3.8) is 0 Å². The maximum absolute atomic E-state index is 6.24. The van der Waals surface area contributed by atoms with E-state index in [9.17, 15) is 0 Å². The minimum absolute atomic E-state index is 0. The van der Waals surface area contributed by atoms with Crippen molar-refractivity contribution >= 4 is 39.7 Å². The van der Waals surface area contributed by atoms with Crippen LogP contribution in [0, 0.1) is 0 Å². The van der Waals surface area contributed by atoms with Gasteiger partial charge in [-0.3, -0.25) is 0 Å². The van der Waals surface area contributed by atoms with Crippen LogP contribution in [0.15, 0.2) is 83.4 Å². The third-order valence-corrected chi connectivity index (χ3v) is 6.69. The maximum Gasteiger partial charge on any atom is 0.294 e. The Morgan fingerprint density at radius 3 is 2.45 bits per heavy atom. The molecule has 0 saturated heterocycles. The van der Waals surface area contributed by atoms with E-state index in [1.165, 1.54) is 11.3 Å². The van der Waals surface area contributed by atoms with Crippen LogP contribution in [0.3, 0.4) is 0 Å². The highest BCUT2D eigenvalue weighted by Crippen LogP contribution is 2.37. The number of benzene rings is 3. The van der Waals surface area contributed by atoms with Crippen molar-refractivity contribution in [2.45, 2.75) is 13.2 Å². The fourth-order valence-electron chi connectivity index (χ4n) is 3.96. The van der Waals surface area contributed by atoms with E-state index in [0.717, 1.165) is 27.2 Å². The van der Waals surface area contributed by atoms with Crippen LogP contribution in [0.5, 0.6) is 22.4 Å². The van der Waals surface area contributed by atoms with Crippen LogP contribution in [-0.4, -0.2) is 28.8 Å². The Morgan fingerprint density at radius 2 is 1.66 bits per heavy atom. The number of fused-ring (bicyclic) bond motifs is 2. The van der Waals surface area contributed by atoms with Gasteiger partial charge in [0, 0.05) is 12.1 Å². The lowest BCUT2D eigenvalue weighted by molar-refractivity contribution is 0.296. The molecule has 0 unspecified atom stereocenters. The summed E-state index contributed by atoms with van der Waals surface area (Å²) >= 11 is 1.36. The monoisotopic (exact) mass is 549 g/mol. The van der Waals surface area contributed by atoms with E-state index in [1.807, 2.05) is 79.0 Å². The molecule has 0 saturated carbocycles. The highest BCUT2D eigenvalue weighted by Gasteiger charge is 2.17. The zero-order valence-corrected chi connectivity index (χ0v) is 22.3. The average molecular weight is 550 g/mol. The minimum atomic E-state index is 0. The predicted molar refractivity (Wildman–Crippen MR) is 148 cm³/mol. The lowest BCUT2D eigenvalue weighted by atomic mass is 10.2. The van der Waals surface area contributed by atoms with Crippen molar-refractivity contribution in [2.75, 3.05) is 14.2 Å². The highest BCUT2D eigenvalue weighted by atomic mass is 35.5. The average Bonchev–Trinajstić information content (AvgIpc) is 3.64. The molecule has 0 aliphatic carbocycles. The summed E-state index contributed by atoms with van der Waals surface area (Å²) in [7, 11) is 3.20. The fraction of sp³-hybridized carbons (Fsp3) is 0.143. The first-order chi connectivity index (χ1) is 18.2. The van der Waals surface area contributed by atoms with E-state index in [4.69, 9.17) is 23.4 Å². The number of hydrogen-bond acceptors (Lipinski definition) is 8. The van der Waals surface area contributed by atoms with Crippen molar-refractivity contribution in [2.24, 2.45) is 0 Å². The Bertz CT molecular complexity index is 1650. The molecule has 3 heterocycles. The van der Waals surface area contributed by atoms with E-state index < -0.39 is 0 Å². The van der Waals surface area contributed by atoms with E-state index in [2.05, 4.69) is 10.1 Å². The second-order valence-electron chi connectivity index (χ2n) is 8.28. The molecule has 0 fully saturated rings. The van der Waals surface area contributed by atoms with Crippen molar-refractivity contribution < 1.29 is 23.4 Å². The van der Waals surface area contributed by atoms with Gasteiger partial charge in [0.25, 0.3) is 5.19 Å². The maximum atomic E-state index is 6.24. The topological polar surface area (TPSA) is 80.2 Å². The molecule has 6 aromatic rings. The van der Waals surface area contributed by atoms with Crippen LogP contribution >= 0.6 is 23.7 Å². The molecule has 0 aliphatic heterocycles. The number of halogens is 1. The first kappa shape index (κ1) is 25.4. The van der Waals surface area contributed by atoms with Gasteiger partial charge in [-0.2, -0.15) is 0 Å².